The van der Waals surface area contributed by atoms with Crippen LogP contribution in [0.3, 0.4) is 0 Å². The molecule has 1 heterocycles. The second-order valence-corrected chi connectivity index (χ2v) is 8.85. The number of aliphatic carboxylic acids is 1. The van der Waals surface area contributed by atoms with Crippen molar-refractivity contribution in [3.63, 3.8) is 0 Å². The fourth-order valence-electron chi connectivity index (χ4n) is 4.80. The minimum absolute atomic E-state index is 0.00375. The fourth-order valence-corrected chi connectivity index (χ4v) is 4.80. The summed E-state index contributed by atoms with van der Waals surface area (Å²) >= 11 is 0. The molecule has 0 aromatic heterocycles. The van der Waals surface area contributed by atoms with Crippen LogP contribution in [0.2, 0.25) is 0 Å². The van der Waals surface area contributed by atoms with E-state index in [0.717, 1.165) is 17.5 Å². The molecular formula is C26H30N2O5. The molecule has 0 spiro atoms. The zero-order chi connectivity index (χ0) is 23.4. The number of nitrogens with zero attached hydrogens (tertiary/aromatic N) is 1. The molecule has 1 aliphatic carbocycles. The largest absolute Gasteiger partial charge is 0.481 e. The molecule has 2 amide bonds. The van der Waals surface area contributed by atoms with Gasteiger partial charge in [-0.25, -0.2) is 4.79 Å². The molecule has 4 rings (SSSR count). The molecule has 33 heavy (non-hydrogen) atoms. The SMILES string of the molecule is CCC(CNC(=O)OCC1c2ccccc2-c2ccccc21)CC(=O)N1CCC(C(=O)O)C1. The smallest absolute Gasteiger partial charge is 0.407 e. The molecule has 0 bridgehead atoms. The molecular weight excluding hydrogens is 420 g/mol. The van der Waals surface area contributed by atoms with Crippen LogP contribution < -0.4 is 5.32 Å². The van der Waals surface area contributed by atoms with Crippen molar-refractivity contribution in [3.05, 3.63) is 59.7 Å². The van der Waals surface area contributed by atoms with Crippen molar-refractivity contribution in [3.8, 4) is 11.1 Å². The molecule has 1 fully saturated rings. The average Bonchev–Trinajstić information content (AvgIpc) is 3.44. The van der Waals surface area contributed by atoms with Gasteiger partial charge in [0.2, 0.25) is 5.91 Å². The van der Waals surface area contributed by atoms with E-state index in [2.05, 4.69) is 29.6 Å². The Kier molecular flexibility index (Phi) is 6.96. The van der Waals surface area contributed by atoms with Crippen molar-refractivity contribution < 1.29 is 24.2 Å². The van der Waals surface area contributed by atoms with Crippen LogP contribution in [0.1, 0.15) is 43.2 Å². The predicted molar refractivity (Wildman–Crippen MR) is 124 cm³/mol. The topological polar surface area (TPSA) is 95.9 Å². The van der Waals surface area contributed by atoms with Gasteiger partial charge in [-0.1, -0.05) is 61.9 Å². The lowest BCUT2D eigenvalue weighted by atomic mass is 9.98. The molecule has 2 aromatic rings. The highest BCUT2D eigenvalue weighted by molar-refractivity contribution is 5.80. The van der Waals surface area contributed by atoms with Crippen LogP contribution in [0.4, 0.5) is 4.79 Å². The van der Waals surface area contributed by atoms with Crippen LogP contribution in [-0.2, 0) is 14.3 Å². The van der Waals surface area contributed by atoms with Gasteiger partial charge in [0.05, 0.1) is 5.92 Å². The summed E-state index contributed by atoms with van der Waals surface area (Å²) in [6, 6.07) is 16.4. The van der Waals surface area contributed by atoms with Gasteiger partial charge < -0.3 is 20.1 Å². The molecule has 1 aliphatic heterocycles. The van der Waals surface area contributed by atoms with E-state index in [9.17, 15) is 14.4 Å². The highest BCUT2D eigenvalue weighted by Crippen LogP contribution is 2.44. The van der Waals surface area contributed by atoms with E-state index in [1.165, 1.54) is 11.1 Å². The lowest BCUT2D eigenvalue weighted by Gasteiger charge is -2.21. The monoisotopic (exact) mass is 450 g/mol. The first-order valence-electron chi connectivity index (χ1n) is 11.6. The Morgan fingerprint density at radius 3 is 2.30 bits per heavy atom. The summed E-state index contributed by atoms with van der Waals surface area (Å²) in [5.74, 6) is -1.41. The molecule has 2 N–H and O–H groups in total. The summed E-state index contributed by atoms with van der Waals surface area (Å²) in [4.78, 5) is 37.7. The van der Waals surface area contributed by atoms with Crippen molar-refractivity contribution >= 4 is 18.0 Å². The number of hydrogen-bond acceptors (Lipinski definition) is 4. The van der Waals surface area contributed by atoms with E-state index in [1.54, 1.807) is 4.90 Å². The Morgan fingerprint density at radius 2 is 1.73 bits per heavy atom. The molecule has 2 aliphatic rings. The van der Waals surface area contributed by atoms with Gasteiger partial charge in [-0.15, -0.1) is 0 Å². The molecule has 2 unspecified atom stereocenters. The van der Waals surface area contributed by atoms with Gasteiger partial charge in [-0.2, -0.15) is 0 Å². The van der Waals surface area contributed by atoms with Gasteiger partial charge in [0.25, 0.3) is 0 Å². The lowest BCUT2D eigenvalue weighted by molar-refractivity contribution is -0.141. The van der Waals surface area contributed by atoms with E-state index in [-0.39, 0.29) is 37.3 Å². The van der Waals surface area contributed by atoms with E-state index in [0.29, 0.717) is 19.5 Å². The first-order chi connectivity index (χ1) is 16.0. The van der Waals surface area contributed by atoms with Crippen molar-refractivity contribution in [1.82, 2.24) is 10.2 Å². The number of nitrogens with one attached hydrogen (secondary N) is 1. The van der Waals surface area contributed by atoms with Crippen molar-refractivity contribution in [1.29, 1.82) is 0 Å². The van der Waals surface area contributed by atoms with Gasteiger partial charge >= 0.3 is 12.1 Å². The maximum atomic E-state index is 12.5. The molecule has 2 aromatic carbocycles. The number of carbonyl (C=O) groups is 3. The third kappa shape index (κ3) is 5.02. The molecule has 7 heteroatoms. The Balaban J connectivity index is 1.27. The Hall–Kier alpha value is -3.35. The number of carbonyl (C=O) groups excluding carboxylic acids is 2. The first kappa shape index (κ1) is 22.8. The summed E-state index contributed by atoms with van der Waals surface area (Å²) < 4.78 is 5.57. The molecule has 1 saturated heterocycles. The maximum absolute atomic E-state index is 12.5. The maximum Gasteiger partial charge on any atom is 0.407 e. The van der Waals surface area contributed by atoms with Gasteiger partial charge in [0.1, 0.15) is 6.61 Å². The third-order valence-corrected chi connectivity index (χ3v) is 6.81. The minimum Gasteiger partial charge on any atom is -0.481 e. The van der Waals surface area contributed by atoms with Gasteiger partial charge in [0.15, 0.2) is 0 Å². The summed E-state index contributed by atoms with van der Waals surface area (Å²) in [5.41, 5.74) is 4.68. The predicted octanol–water partition coefficient (Wildman–Crippen LogP) is 3.87. The molecule has 0 saturated carbocycles. The van der Waals surface area contributed by atoms with E-state index in [1.807, 2.05) is 31.2 Å². The second kappa shape index (κ2) is 10.1. The molecule has 0 radical (unpaired) electrons. The Bertz CT molecular complexity index is 991. The first-order valence-corrected chi connectivity index (χ1v) is 11.6. The number of benzene rings is 2. The zero-order valence-electron chi connectivity index (χ0n) is 18.8. The highest BCUT2D eigenvalue weighted by Gasteiger charge is 2.32. The number of rotatable bonds is 8. The van der Waals surface area contributed by atoms with Crippen LogP contribution in [0.5, 0.6) is 0 Å². The van der Waals surface area contributed by atoms with Gasteiger partial charge in [0, 0.05) is 32.0 Å². The number of likely N-dealkylation sites (tertiary alicyclic amines) is 1. The molecule has 2 atom stereocenters. The lowest BCUT2D eigenvalue weighted by Crippen LogP contribution is -2.35. The van der Waals surface area contributed by atoms with E-state index in [4.69, 9.17) is 9.84 Å². The van der Waals surface area contributed by atoms with Crippen LogP contribution in [0.15, 0.2) is 48.5 Å². The van der Waals surface area contributed by atoms with Crippen LogP contribution in [0, 0.1) is 11.8 Å². The average molecular weight is 451 g/mol. The second-order valence-electron chi connectivity index (χ2n) is 8.85. The Morgan fingerprint density at radius 1 is 1.09 bits per heavy atom. The van der Waals surface area contributed by atoms with Crippen molar-refractivity contribution in [2.75, 3.05) is 26.2 Å². The van der Waals surface area contributed by atoms with Crippen LogP contribution >= 0.6 is 0 Å². The van der Waals surface area contributed by atoms with Crippen LogP contribution in [-0.4, -0.2) is 54.2 Å². The van der Waals surface area contributed by atoms with Crippen LogP contribution in [0.25, 0.3) is 11.1 Å². The number of hydrogen-bond donors (Lipinski definition) is 2. The summed E-state index contributed by atoms with van der Waals surface area (Å²) in [6.45, 7) is 3.31. The van der Waals surface area contributed by atoms with E-state index < -0.39 is 18.0 Å². The van der Waals surface area contributed by atoms with Gasteiger partial charge in [-0.05, 0) is 34.6 Å². The fraction of sp³-hybridized carbons (Fsp3) is 0.423. The standard InChI is InChI=1S/C26H30N2O5/c1-2-17(13-24(29)28-12-11-18(15-28)25(30)31)14-27-26(32)33-16-23-21-9-5-3-7-19(21)20-8-4-6-10-22(20)23/h3-10,17-18,23H,2,11-16H2,1H3,(H,27,32)(H,30,31). The third-order valence-electron chi connectivity index (χ3n) is 6.81. The molecule has 7 nitrogen and oxygen atoms in total. The summed E-state index contributed by atoms with van der Waals surface area (Å²) in [7, 11) is 0. The van der Waals surface area contributed by atoms with E-state index >= 15 is 0 Å². The number of amides is 2. The number of ether oxygens (including phenoxy) is 1. The number of fused-ring (bicyclic) bond motifs is 3. The highest BCUT2D eigenvalue weighted by atomic mass is 16.5. The number of carboxylic acids is 1. The quantitative estimate of drug-likeness (QED) is 0.636. The summed E-state index contributed by atoms with van der Waals surface area (Å²) in [6.07, 6.45) is 1.02. The number of carboxylic acid groups (broad SMARTS) is 1. The Labute approximate surface area is 193 Å². The summed E-state index contributed by atoms with van der Waals surface area (Å²) in [5, 5.41) is 11.9. The molecule has 174 valence electrons. The van der Waals surface area contributed by atoms with Crippen molar-refractivity contribution in [2.24, 2.45) is 11.8 Å². The minimum atomic E-state index is -0.853. The van der Waals surface area contributed by atoms with Gasteiger partial charge in [-0.3, -0.25) is 9.59 Å². The van der Waals surface area contributed by atoms with Crippen molar-refractivity contribution in [2.45, 2.75) is 32.1 Å². The zero-order valence-corrected chi connectivity index (χ0v) is 18.8. The number of alkyl carbamates (subject to hydrolysis) is 1. The normalized spacial score (nSPS) is 17.8.